The molecule has 1 aromatic rings. The summed E-state index contributed by atoms with van der Waals surface area (Å²) in [6.07, 6.45) is 2.26. The molecule has 4 heteroatoms. The second-order valence-corrected chi connectivity index (χ2v) is 5.09. The summed E-state index contributed by atoms with van der Waals surface area (Å²) in [7, 11) is 0. The largest absolute Gasteiger partial charge is 0.491 e. The lowest BCUT2D eigenvalue weighted by molar-refractivity contribution is -0.118. The van der Waals surface area contributed by atoms with E-state index in [0.717, 1.165) is 30.8 Å². The summed E-state index contributed by atoms with van der Waals surface area (Å²) >= 11 is 0. The Balaban J connectivity index is 2.08. The minimum absolute atomic E-state index is 0.165. The van der Waals surface area contributed by atoms with Crippen LogP contribution in [0.3, 0.4) is 0 Å². The molecular weight excluding hydrogens is 240 g/mol. The highest BCUT2D eigenvalue weighted by Crippen LogP contribution is 2.31. The number of carbonyl (C=O) groups is 1. The molecule has 0 saturated carbocycles. The molecule has 1 heterocycles. The monoisotopic (exact) mass is 262 g/mol. The molecule has 0 bridgehead atoms. The van der Waals surface area contributed by atoms with Crippen LogP contribution in [-0.2, 0) is 4.79 Å². The van der Waals surface area contributed by atoms with E-state index in [-0.39, 0.29) is 5.91 Å². The molecule has 0 spiro atoms. The van der Waals surface area contributed by atoms with Crippen LogP contribution in [0.25, 0.3) is 0 Å². The van der Waals surface area contributed by atoms with Gasteiger partial charge in [-0.25, -0.2) is 0 Å². The molecule has 1 atom stereocenters. The zero-order valence-electron chi connectivity index (χ0n) is 11.5. The summed E-state index contributed by atoms with van der Waals surface area (Å²) in [6, 6.07) is 7.74. The van der Waals surface area contributed by atoms with Crippen molar-refractivity contribution < 1.29 is 9.53 Å². The van der Waals surface area contributed by atoms with E-state index < -0.39 is 0 Å². The highest BCUT2D eigenvalue weighted by Gasteiger charge is 2.21. The van der Waals surface area contributed by atoms with Crippen LogP contribution in [-0.4, -0.2) is 25.6 Å². The molecule has 2 N–H and O–H groups in total. The number of hydrogen-bond donors (Lipinski definition) is 1. The molecule has 1 amide bonds. The number of hydrogen-bond acceptors (Lipinski definition) is 3. The molecule has 4 nitrogen and oxygen atoms in total. The first-order valence-electron chi connectivity index (χ1n) is 6.94. The predicted molar refractivity (Wildman–Crippen MR) is 76.4 cm³/mol. The first-order chi connectivity index (χ1) is 9.22. The molecule has 0 radical (unpaired) electrons. The van der Waals surface area contributed by atoms with Crippen LogP contribution >= 0.6 is 0 Å². The van der Waals surface area contributed by atoms with Crippen molar-refractivity contribution in [3.63, 3.8) is 0 Å². The molecule has 19 heavy (non-hydrogen) atoms. The van der Waals surface area contributed by atoms with Gasteiger partial charge in [-0.2, -0.15) is 0 Å². The Labute approximate surface area is 114 Å². The number of fused-ring (bicyclic) bond motifs is 1. The van der Waals surface area contributed by atoms with Crippen molar-refractivity contribution in [3.05, 3.63) is 24.3 Å². The van der Waals surface area contributed by atoms with Crippen molar-refractivity contribution in [2.45, 2.75) is 26.2 Å². The third-order valence-electron chi connectivity index (χ3n) is 3.49. The van der Waals surface area contributed by atoms with Gasteiger partial charge in [0.2, 0.25) is 5.91 Å². The molecular formula is C15H22N2O2. The number of amides is 1. The average Bonchev–Trinajstić information content (AvgIpc) is 2.66. The molecule has 0 aromatic heterocycles. The van der Waals surface area contributed by atoms with Gasteiger partial charge in [-0.3, -0.25) is 4.79 Å². The molecule has 2 rings (SSSR count). The van der Waals surface area contributed by atoms with Crippen LogP contribution in [0, 0.1) is 5.92 Å². The van der Waals surface area contributed by atoms with E-state index in [1.54, 1.807) is 0 Å². The Hall–Kier alpha value is -1.55. The summed E-state index contributed by atoms with van der Waals surface area (Å²) in [5.74, 6) is 1.36. The molecule has 1 aromatic carbocycles. The molecule has 1 aliphatic heterocycles. The van der Waals surface area contributed by atoms with E-state index in [2.05, 4.69) is 6.92 Å². The van der Waals surface area contributed by atoms with Crippen molar-refractivity contribution in [3.8, 4) is 5.75 Å². The first kappa shape index (κ1) is 13.9. The number of rotatable bonds is 4. The Kier molecular flexibility index (Phi) is 4.80. The Morgan fingerprint density at radius 2 is 2.26 bits per heavy atom. The fraction of sp³-hybridized carbons (Fsp3) is 0.533. The van der Waals surface area contributed by atoms with Gasteiger partial charge in [-0.15, -0.1) is 0 Å². The fourth-order valence-corrected chi connectivity index (χ4v) is 2.21. The Morgan fingerprint density at radius 3 is 3.05 bits per heavy atom. The summed E-state index contributed by atoms with van der Waals surface area (Å²) < 4.78 is 5.66. The number of ether oxygens (including phenoxy) is 1. The second-order valence-electron chi connectivity index (χ2n) is 5.09. The molecule has 104 valence electrons. The van der Waals surface area contributed by atoms with Crippen LogP contribution < -0.4 is 15.4 Å². The van der Waals surface area contributed by atoms with Crippen LogP contribution in [0.4, 0.5) is 5.69 Å². The summed E-state index contributed by atoms with van der Waals surface area (Å²) in [6.45, 7) is 4.10. The van der Waals surface area contributed by atoms with Crippen molar-refractivity contribution in [1.82, 2.24) is 0 Å². The maximum atomic E-state index is 12.4. The van der Waals surface area contributed by atoms with Gasteiger partial charge in [-0.1, -0.05) is 19.1 Å². The van der Waals surface area contributed by atoms with Gasteiger partial charge in [0.25, 0.3) is 0 Å². The molecule has 0 aliphatic carbocycles. The Bertz CT molecular complexity index is 434. The van der Waals surface area contributed by atoms with Crippen molar-refractivity contribution in [2.24, 2.45) is 11.7 Å². The SMILES string of the molecule is CC(CN)CCC(=O)N1CCCOc2ccccc21. The van der Waals surface area contributed by atoms with Crippen LogP contribution in [0.5, 0.6) is 5.75 Å². The van der Waals surface area contributed by atoms with E-state index in [1.807, 2.05) is 29.2 Å². The van der Waals surface area contributed by atoms with E-state index in [9.17, 15) is 4.79 Å². The summed E-state index contributed by atoms with van der Waals surface area (Å²) in [5, 5.41) is 0. The van der Waals surface area contributed by atoms with Crippen LogP contribution in [0.1, 0.15) is 26.2 Å². The van der Waals surface area contributed by atoms with Crippen molar-refractivity contribution in [1.29, 1.82) is 0 Å². The maximum Gasteiger partial charge on any atom is 0.227 e. The third-order valence-corrected chi connectivity index (χ3v) is 3.49. The molecule has 1 unspecified atom stereocenters. The first-order valence-corrected chi connectivity index (χ1v) is 6.94. The van der Waals surface area contributed by atoms with Gasteiger partial charge in [0.15, 0.2) is 0 Å². The van der Waals surface area contributed by atoms with E-state index in [0.29, 0.717) is 25.5 Å². The zero-order chi connectivity index (χ0) is 13.7. The number of nitrogens with two attached hydrogens (primary N) is 1. The van der Waals surface area contributed by atoms with E-state index in [4.69, 9.17) is 10.5 Å². The van der Waals surface area contributed by atoms with Crippen LogP contribution in [0.15, 0.2) is 24.3 Å². The number of anilines is 1. The van der Waals surface area contributed by atoms with Crippen molar-refractivity contribution in [2.75, 3.05) is 24.6 Å². The predicted octanol–water partition coefficient (Wildman–Crippen LogP) is 2.18. The van der Waals surface area contributed by atoms with E-state index >= 15 is 0 Å². The lowest BCUT2D eigenvalue weighted by Crippen LogP contribution is -2.31. The molecule has 1 aliphatic rings. The van der Waals surface area contributed by atoms with Gasteiger partial charge in [0.05, 0.1) is 12.3 Å². The highest BCUT2D eigenvalue weighted by atomic mass is 16.5. The van der Waals surface area contributed by atoms with Crippen molar-refractivity contribution >= 4 is 11.6 Å². The highest BCUT2D eigenvalue weighted by molar-refractivity contribution is 5.94. The fourth-order valence-electron chi connectivity index (χ4n) is 2.21. The second kappa shape index (κ2) is 6.57. The minimum Gasteiger partial charge on any atom is -0.491 e. The summed E-state index contributed by atoms with van der Waals surface area (Å²) in [5.41, 5.74) is 6.49. The lowest BCUT2D eigenvalue weighted by atomic mass is 10.1. The normalized spacial score (nSPS) is 16.2. The maximum absolute atomic E-state index is 12.4. The Morgan fingerprint density at radius 1 is 1.47 bits per heavy atom. The molecule has 0 fully saturated rings. The standard InChI is InChI=1S/C15H22N2O2/c1-12(11-16)7-8-15(18)17-9-4-10-19-14-6-3-2-5-13(14)17/h2-3,5-6,12H,4,7-11,16H2,1H3. The van der Waals surface area contributed by atoms with Gasteiger partial charge < -0.3 is 15.4 Å². The lowest BCUT2D eigenvalue weighted by Gasteiger charge is -2.22. The summed E-state index contributed by atoms with van der Waals surface area (Å²) in [4.78, 5) is 14.2. The topological polar surface area (TPSA) is 55.6 Å². The molecule has 0 saturated heterocycles. The van der Waals surface area contributed by atoms with Gasteiger partial charge in [-0.05, 0) is 37.4 Å². The number of carbonyl (C=O) groups excluding carboxylic acids is 1. The zero-order valence-corrected chi connectivity index (χ0v) is 11.5. The number of benzene rings is 1. The third kappa shape index (κ3) is 3.47. The smallest absolute Gasteiger partial charge is 0.227 e. The van der Waals surface area contributed by atoms with Gasteiger partial charge in [0.1, 0.15) is 5.75 Å². The number of nitrogens with zero attached hydrogens (tertiary/aromatic N) is 1. The minimum atomic E-state index is 0.165. The van der Waals surface area contributed by atoms with Crippen LogP contribution in [0.2, 0.25) is 0 Å². The quantitative estimate of drug-likeness (QED) is 0.904. The van der Waals surface area contributed by atoms with E-state index in [1.165, 1.54) is 0 Å². The van der Waals surface area contributed by atoms with Gasteiger partial charge >= 0.3 is 0 Å². The average molecular weight is 262 g/mol. The van der Waals surface area contributed by atoms with Gasteiger partial charge in [0, 0.05) is 13.0 Å². The number of para-hydroxylation sites is 2.